The summed E-state index contributed by atoms with van der Waals surface area (Å²) in [6.07, 6.45) is -0.0169. The zero-order valence-corrected chi connectivity index (χ0v) is 20.6. The predicted octanol–water partition coefficient (Wildman–Crippen LogP) is 3.29. The summed E-state index contributed by atoms with van der Waals surface area (Å²) in [6, 6.07) is 16.4. The van der Waals surface area contributed by atoms with Crippen molar-refractivity contribution in [2.24, 2.45) is 0 Å². The summed E-state index contributed by atoms with van der Waals surface area (Å²) in [5.74, 6) is -1.80. The Morgan fingerprint density at radius 2 is 1.66 bits per heavy atom. The highest BCUT2D eigenvalue weighted by molar-refractivity contribution is 6.20. The second-order valence-corrected chi connectivity index (χ2v) is 8.52. The van der Waals surface area contributed by atoms with Gasteiger partial charge in [0.15, 0.2) is 18.1 Å². The topological polar surface area (TPSA) is 130 Å². The quantitative estimate of drug-likeness (QED) is 0.405. The van der Waals surface area contributed by atoms with Crippen LogP contribution >= 0.6 is 0 Å². The van der Waals surface area contributed by atoms with Crippen LogP contribution in [0.2, 0.25) is 0 Å². The molecule has 3 aromatic rings. The first kappa shape index (κ1) is 25.0. The monoisotopic (exact) mass is 520 g/mol. The van der Waals surface area contributed by atoms with Crippen LogP contribution in [-0.4, -0.2) is 49.8 Å². The molecule has 0 fully saturated rings. The Kier molecular flexibility index (Phi) is 6.56. The minimum atomic E-state index is -2.13. The van der Waals surface area contributed by atoms with Gasteiger partial charge in [-0.15, -0.1) is 0 Å². The van der Waals surface area contributed by atoms with Gasteiger partial charge < -0.3 is 38.6 Å². The number of carboxylic acids is 1. The number of carboxylic acid groups (broad SMARTS) is 1. The number of rotatable bonds is 9. The van der Waals surface area contributed by atoms with Crippen LogP contribution in [0.5, 0.6) is 28.7 Å². The molecule has 0 saturated carbocycles. The summed E-state index contributed by atoms with van der Waals surface area (Å²) < 4.78 is 32.5. The van der Waals surface area contributed by atoms with Crippen LogP contribution in [0.4, 0.5) is 0 Å². The number of hydrogen-bond acceptors (Lipinski definition) is 9. The molecule has 0 saturated heterocycles. The molecule has 0 radical (unpaired) electrons. The average molecular weight is 520 g/mol. The van der Waals surface area contributed by atoms with E-state index in [-0.39, 0.29) is 30.1 Å². The summed E-state index contributed by atoms with van der Waals surface area (Å²) >= 11 is 0. The molecular weight excluding hydrogens is 496 g/mol. The Bertz CT molecular complexity index is 1430. The van der Waals surface area contributed by atoms with Gasteiger partial charge in [0.1, 0.15) is 17.2 Å². The second kappa shape index (κ2) is 9.98. The largest absolute Gasteiger partial charge is 0.497 e. The minimum absolute atomic E-state index is 0.0169. The molecular formula is C28H24O10. The average Bonchev–Trinajstić information content (AvgIpc) is 3.49. The normalized spacial score (nSPS) is 17.8. The van der Waals surface area contributed by atoms with Crippen LogP contribution in [0.15, 0.2) is 66.2 Å². The van der Waals surface area contributed by atoms with Crippen LogP contribution in [-0.2, 0) is 26.5 Å². The predicted molar refractivity (Wildman–Crippen MR) is 132 cm³/mol. The third kappa shape index (κ3) is 4.57. The van der Waals surface area contributed by atoms with Crippen molar-refractivity contribution < 1.29 is 48.2 Å². The number of carbonyl (C=O) groups is 2. The number of aliphatic hydroxyl groups is 1. The Morgan fingerprint density at radius 3 is 2.37 bits per heavy atom. The maximum atomic E-state index is 13.3. The molecule has 10 heteroatoms. The van der Waals surface area contributed by atoms with Gasteiger partial charge in [0.25, 0.3) is 5.79 Å². The van der Waals surface area contributed by atoms with E-state index in [0.717, 1.165) is 0 Å². The highest BCUT2D eigenvalue weighted by Crippen LogP contribution is 2.47. The number of cyclic esters (lactones) is 1. The lowest BCUT2D eigenvalue weighted by Crippen LogP contribution is -2.29. The molecule has 10 nitrogen and oxygen atoms in total. The zero-order chi connectivity index (χ0) is 26.9. The number of ether oxygens (including phenoxy) is 6. The minimum Gasteiger partial charge on any atom is -0.497 e. The van der Waals surface area contributed by atoms with E-state index in [9.17, 15) is 14.7 Å². The number of methoxy groups -OCH3 is 2. The molecule has 3 aromatic carbocycles. The molecule has 0 bridgehead atoms. The number of hydrogen-bond donors (Lipinski definition) is 2. The first-order valence-corrected chi connectivity index (χ1v) is 11.6. The molecule has 5 rings (SSSR count). The summed E-state index contributed by atoms with van der Waals surface area (Å²) in [6.45, 7) is -0.534. The third-order valence-electron chi connectivity index (χ3n) is 6.29. The second-order valence-electron chi connectivity index (χ2n) is 8.52. The highest BCUT2D eigenvalue weighted by atomic mass is 16.7. The van der Waals surface area contributed by atoms with Gasteiger partial charge in [-0.3, -0.25) is 0 Å². The molecule has 2 heterocycles. The maximum absolute atomic E-state index is 13.3. The zero-order valence-electron chi connectivity index (χ0n) is 20.6. The van der Waals surface area contributed by atoms with Crippen LogP contribution in [0.1, 0.15) is 16.7 Å². The third-order valence-corrected chi connectivity index (χ3v) is 6.29. The van der Waals surface area contributed by atoms with Crippen molar-refractivity contribution in [3.05, 3.63) is 82.9 Å². The molecule has 0 spiro atoms. The number of esters is 1. The lowest BCUT2D eigenvalue weighted by Gasteiger charge is -2.26. The van der Waals surface area contributed by atoms with Gasteiger partial charge in [-0.1, -0.05) is 12.1 Å². The van der Waals surface area contributed by atoms with Crippen LogP contribution in [0.25, 0.3) is 5.57 Å². The molecule has 0 aliphatic carbocycles. The van der Waals surface area contributed by atoms with Gasteiger partial charge in [-0.25, -0.2) is 9.59 Å². The Hall–Kier alpha value is -4.70. The number of aliphatic carboxylic acids is 1. The Balaban J connectivity index is 1.66. The highest BCUT2D eigenvalue weighted by Gasteiger charge is 2.48. The molecule has 2 aliphatic heterocycles. The fourth-order valence-electron chi connectivity index (χ4n) is 4.41. The van der Waals surface area contributed by atoms with Crippen molar-refractivity contribution in [1.29, 1.82) is 0 Å². The van der Waals surface area contributed by atoms with Gasteiger partial charge in [0, 0.05) is 23.6 Å². The number of benzene rings is 3. The van der Waals surface area contributed by atoms with Gasteiger partial charge in [-0.05, 0) is 53.6 Å². The summed E-state index contributed by atoms with van der Waals surface area (Å²) in [5.41, 5.74) is 1.64. The molecule has 38 heavy (non-hydrogen) atoms. The first-order valence-electron chi connectivity index (χ1n) is 11.6. The molecule has 1 atom stereocenters. The van der Waals surface area contributed by atoms with Crippen molar-refractivity contribution >= 4 is 17.5 Å². The first-order chi connectivity index (χ1) is 18.3. The van der Waals surface area contributed by atoms with Crippen LogP contribution in [0.3, 0.4) is 0 Å². The summed E-state index contributed by atoms with van der Waals surface area (Å²) in [4.78, 5) is 24.5. The van der Waals surface area contributed by atoms with Crippen molar-refractivity contribution in [1.82, 2.24) is 0 Å². The lowest BCUT2D eigenvalue weighted by atomic mass is 9.87. The Morgan fingerprint density at radius 1 is 0.947 bits per heavy atom. The van der Waals surface area contributed by atoms with E-state index in [1.54, 1.807) is 60.7 Å². The van der Waals surface area contributed by atoms with E-state index in [1.165, 1.54) is 14.2 Å². The lowest BCUT2D eigenvalue weighted by molar-refractivity contribution is -0.185. The Labute approximate surface area is 217 Å². The van der Waals surface area contributed by atoms with E-state index in [2.05, 4.69) is 0 Å². The smallest absolute Gasteiger partial charge is 0.342 e. The van der Waals surface area contributed by atoms with E-state index in [0.29, 0.717) is 39.7 Å². The van der Waals surface area contributed by atoms with Gasteiger partial charge in [-0.2, -0.15) is 0 Å². The van der Waals surface area contributed by atoms with Crippen molar-refractivity contribution in [2.75, 3.05) is 27.6 Å². The van der Waals surface area contributed by atoms with E-state index >= 15 is 0 Å². The van der Waals surface area contributed by atoms with E-state index in [4.69, 9.17) is 33.5 Å². The van der Waals surface area contributed by atoms with Crippen LogP contribution in [0, 0.1) is 0 Å². The number of fused-ring (bicyclic) bond motifs is 1. The van der Waals surface area contributed by atoms with E-state index in [1.807, 2.05) is 0 Å². The molecule has 196 valence electrons. The fraction of sp³-hybridized carbons (Fsp3) is 0.214. The van der Waals surface area contributed by atoms with Gasteiger partial charge in [0.2, 0.25) is 6.79 Å². The standard InChI is InChI=1S/C28H24O10/c1-33-19-8-5-18(6-9-19)28(32)21(11-16-3-7-20(34-2)13-23(16)35-14-25(29)30)26(27(31)38-28)17-4-10-22-24(12-17)37-15-36-22/h3-10,12-13,32H,11,14-15H2,1-2H3,(H,29,30). The fourth-order valence-corrected chi connectivity index (χ4v) is 4.41. The molecule has 0 aromatic heterocycles. The van der Waals surface area contributed by atoms with Crippen LogP contribution < -0.4 is 23.7 Å². The SMILES string of the molecule is COc1ccc(C2(O)OC(=O)C(c3ccc4c(c3)OCO4)=C2Cc2ccc(OC)cc2OCC(=O)O)cc1. The summed E-state index contributed by atoms with van der Waals surface area (Å²) in [5, 5.41) is 21.0. The number of carbonyl (C=O) groups excluding carboxylic acids is 1. The van der Waals surface area contributed by atoms with Crippen molar-refractivity contribution in [3.8, 4) is 28.7 Å². The van der Waals surface area contributed by atoms with E-state index < -0.39 is 24.3 Å². The summed E-state index contributed by atoms with van der Waals surface area (Å²) in [7, 11) is 2.99. The molecule has 2 N–H and O–H groups in total. The van der Waals surface area contributed by atoms with Crippen molar-refractivity contribution in [2.45, 2.75) is 12.2 Å². The molecule has 1 unspecified atom stereocenters. The molecule has 0 amide bonds. The van der Waals surface area contributed by atoms with Gasteiger partial charge in [0.05, 0.1) is 19.8 Å². The molecule has 2 aliphatic rings. The maximum Gasteiger partial charge on any atom is 0.342 e. The van der Waals surface area contributed by atoms with Gasteiger partial charge >= 0.3 is 11.9 Å². The van der Waals surface area contributed by atoms with Crippen molar-refractivity contribution in [3.63, 3.8) is 0 Å².